The molecule has 7 nitrogen and oxygen atoms in total. The number of aryl methyl sites for hydroxylation is 1. The van der Waals surface area contributed by atoms with Crippen molar-refractivity contribution in [3.05, 3.63) is 66.4 Å². The van der Waals surface area contributed by atoms with Crippen LogP contribution in [0.15, 0.2) is 60.8 Å². The van der Waals surface area contributed by atoms with Gasteiger partial charge in [-0.2, -0.15) is 0 Å². The first-order valence-corrected chi connectivity index (χ1v) is 9.02. The average molecular weight is 393 g/mol. The third kappa shape index (κ3) is 5.38. The van der Waals surface area contributed by atoms with Gasteiger partial charge < -0.3 is 24.8 Å². The first-order chi connectivity index (χ1) is 14.1. The highest BCUT2D eigenvalue weighted by Gasteiger charge is 2.09. The standard InChI is InChI=1S/C22H23N3O4/c1-15-8-10-18(27-2)17(12-15)24-16-9-11-21(23-13-16)25-22(26)14-29-20-7-5-4-6-19(20)28-3/h4-13,24H,14H2,1-3H3,(H,23,25,26). The topological polar surface area (TPSA) is 81.7 Å². The van der Waals surface area contributed by atoms with E-state index >= 15 is 0 Å². The molecule has 3 rings (SSSR count). The molecule has 0 saturated heterocycles. The minimum atomic E-state index is -0.315. The predicted octanol–water partition coefficient (Wildman–Crippen LogP) is 4.17. The van der Waals surface area contributed by atoms with Gasteiger partial charge in [-0.1, -0.05) is 18.2 Å². The van der Waals surface area contributed by atoms with Crippen LogP contribution in [0, 0.1) is 6.92 Å². The molecule has 0 bridgehead atoms. The number of carbonyl (C=O) groups is 1. The maximum absolute atomic E-state index is 12.1. The number of hydrogen-bond donors (Lipinski definition) is 2. The third-order valence-electron chi connectivity index (χ3n) is 4.09. The number of pyridine rings is 1. The summed E-state index contributed by atoms with van der Waals surface area (Å²) in [7, 11) is 3.17. The van der Waals surface area contributed by atoms with Gasteiger partial charge in [0.2, 0.25) is 0 Å². The predicted molar refractivity (Wildman–Crippen MR) is 112 cm³/mol. The molecule has 0 atom stereocenters. The highest BCUT2D eigenvalue weighted by molar-refractivity contribution is 5.91. The van der Waals surface area contributed by atoms with Crippen LogP contribution in [0.4, 0.5) is 17.2 Å². The SMILES string of the molecule is COc1ccc(C)cc1Nc1ccc(NC(=O)COc2ccccc2OC)nc1. The molecule has 0 aliphatic carbocycles. The van der Waals surface area contributed by atoms with E-state index in [4.69, 9.17) is 14.2 Å². The van der Waals surface area contributed by atoms with Crippen molar-refractivity contribution in [2.45, 2.75) is 6.92 Å². The fourth-order valence-corrected chi connectivity index (χ4v) is 2.68. The average Bonchev–Trinajstić information content (AvgIpc) is 2.74. The lowest BCUT2D eigenvalue weighted by Gasteiger charge is -2.12. The van der Waals surface area contributed by atoms with Crippen LogP contribution >= 0.6 is 0 Å². The van der Waals surface area contributed by atoms with Crippen LogP contribution in [0.1, 0.15) is 5.56 Å². The molecule has 7 heteroatoms. The number of nitrogens with one attached hydrogen (secondary N) is 2. The molecular formula is C22H23N3O4. The second-order valence-electron chi connectivity index (χ2n) is 6.25. The maximum Gasteiger partial charge on any atom is 0.263 e. The van der Waals surface area contributed by atoms with Gasteiger partial charge in [0.15, 0.2) is 18.1 Å². The van der Waals surface area contributed by atoms with Crippen molar-refractivity contribution in [3.8, 4) is 17.2 Å². The number of benzene rings is 2. The molecule has 1 heterocycles. The molecule has 150 valence electrons. The van der Waals surface area contributed by atoms with E-state index in [1.807, 2.05) is 43.3 Å². The number of aromatic nitrogens is 1. The lowest BCUT2D eigenvalue weighted by atomic mass is 10.2. The first kappa shape index (κ1) is 20.0. The summed E-state index contributed by atoms with van der Waals surface area (Å²) in [6.07, 6.45) is 1.64. The van der Waals surface area contributed by atoms with Gasteiger partial charge in [-0.05, 0) is 48.9 Å². The van der Waals surface area contributed by atoms with Crippen molar-refractivity contribution in [1.29, 1.82) is 0 Å². The Morgan fingerprint density at radius 2 is 1.72 bits per heavy atom. The van der Waals surface area contributed by atoms with Crippen LogP contribution in [0.3, 0.4) is 0 Å². The van der Waals surface area contributed by atoms with E-state index in [1.54, 1.807) is 38.6 Å². The number of nitrogens with zero attached hydrogens (tertiary/aromatic N) is 1. The van der Waals surface area contributed by atoms with Gasteiger partial charge in [-0.3, -0.25) is 4.79 Å². The maximum atomic E-state index is 12.1. The Kier molecular flexibility index (Phi) is 6.52. The smallest absolute Gasteiger partial charge is 0.263 e. The van der Waals surface area contributed by atoms with E-state index in [2.05, 4.69) is 15.6 Å². The Labute approximate surface area is 169 Å². The Morgan fingerprint density at radius 3 is 2.41 bits per heavy atom. The van der Waals surface area contributed by atoms with Gasteiger partial charge in [-0.25, -0.2) is 4.98 Å². The normalized spacial score (nSPS) is 10.2. The zero-order valence-electron chi connectivity index (χ0n) is 16.6. The second-order valence-corrected chi connectivity index (χ2v) is 6.25. The lowest BCUT2D eigenvalue weighted by Crippen LogP contribution is -2.20. The summed E-state index contributed by atoms with van der Waals surface area (Å²) in [5.41, 5.74) is 2.73. The summed E-state index contributed by atoms with van der Waals surface area (Å²) in [6, 6.07) is 16.6. The molecule has 0 saturated carbocycles. The van der Waals surface area contributed by atoms with Crippen LogP contribution < -0.4 is 24.8 Å². The van der Waals surface area contributed by atoms with Crippen LogP contribution in [0.2, 0.25) is 0 Å². The van der Waals surface area contributed by atoms with Crippen LogP contribution in [-0.4, -0.2) is 31.7 Å². The van der Waals surface area contributed by atoms with Crippen molar-refractivity contribution in [3.63, 3.8) is 0 Å². The fourth-order valence-electron chi connectivity index (χ4n) is 2.68. The Balaban J connectivity index is 1.58. The number of carbonyl (C=O) groups excluding carboxylic acids is 1. The molecule has 0 radical (unpaired) electrons. The summed E-state index contributed by atoms with van der Waals surface area (Å²) in [6.45, 7) is 1.86. The number of ether oxygens (including phenoxy) is 3. The van der Waals surface area contributed by atoms with Crippen molar-refractivity contribution < 1.29 is 19.0 Å². The van der Waals surface area contributed by atoms with Gasteiger partial charge in [0.25, 0.3) is 5.91 Å². The number of amides is 1. The third-order valence-corrected chi connectivity index (χ3v) is 4.09. The minimum absolute atomic E-state index is 0.150. The van der Waals surface area contributed by atoms with E-state index in [-0.39, 0.29) is 12.5 Å². The van der Waals surface area contributed by atoms with Crippen LogP contribution in [0.5, 0.6) is 17.2 Å². The number of anilines is 3. The van der Waals surface area contributed by atoms with Crippen LogP contribution in [0.25, 0.3) is 0 Å². The molecule has 0 spiro atoms. The summed E-state index contributed by atoms with van der Waals surface area (Å²) in [4.78, 5) is 16.4. The molecule has 3 aromatic rings. The Morgan fingerprint density at radius 1 is 0.966 bits per heavy atom. The number of methoxy groups -OCH3 is 2. The molecule has 1 aromatic heterocycles. The van der Waals surface area contributed by atoms with E-state index in [0.29, 0.717) is 17.3 Å². The van der Waals surface area contributed by atoms with Gasteiger partial charge in [0.1, 0.15) is 11.6 Å². The molecule has 1 amide bonds. The van der Waals surface area contributed by atoms with Gasteiger partial charge in [-0.15, -0.1) is 0 Å². The summed E-state index contributed by atoms with van der Waals surface area (Å²) < 4.78 is 16.1. The molecular weight excluding hydrogens is 370 g/mol. The van der Waals surface area contributed by atoms with E-state index < -0.39 is 0 Å². The van der Waals surface area contributed by atoms with Crippen molar-refractivity contribution >= 4 is 23.1 Å². The molecule has 2 N–H and O–H groups in total. The van der Waals surface area contributed by atoms with Gasteiger partial charge in [0.05, 0.1) is 31.8 Å². The van der Waals surface area contributed by atoms with Crippen molar-refractivity contribution in [2.24, 2.45) is 0 Å². The van der Waals surface area contributed by atoms with E-state index in [1.165, 1.54) is 0 Å². The number of rotatable bonds is 8. The summed E-state index contributed by atoms with van der Waals surface area (Å²) in [5.74, 6) is 1.93. The molecule has 0 aliphatic rings. The second kappa shape index (κ2) is 9.45. The summed E-state index contributed by atoms with van der Waals surface area (Å²) >= 11 is 0. The molecule has 0 fully saturated rings. The Bertz CT molecular complexity index is 974. The highest BCUT2D eigenvalue weighted by atomic mass is 16.5. The van der Waals surface area contributed by atoms with E-state index in [9.17, 15) is 4.79 Å². The Hall–Kier alpha value is -3.74. The quantitative estimate of drug-likeness (QED) is 0.598. The number of para-hydroxylation sites is 2. The molecule has 0 aliphatic heterocycles. The zero-order valence-corrected chi connectivity index (χ0v) is 16.6. The lowest BCUT2D eigenvalue weighted by molar-refractivity contribution is -0.118. The van der Waals surface area contributed by atoms with Crippen LogP contribution in [-0.2, 0) is 4.79 Å². The van der Waals surface area contributed by atoms with E-state index in [0.717, 1.165) is 22.7 Å². The van der Waals surface area contributed by atoms with Crippen molar-refractivity contribution in [2.75, 3.05) is 31.5 Å². The molecule has 2 aromatic carbocycles. The zero-order chi connectivity index (χ0) is 20.6. The van der Waals surface area contributed by atoms with Gasteiger partial charge >= 0.3 is 0 Å². The highest BCUT2D eigenvalue weighted by Crippen LogP contribution is 2.28. The molecule has 0 unspecified atom stereocenters. The molecule has 29 heavy (non-hydrogen) atoms. The summed E-state index contributed by atoms with van der Waals surface area (Å²) in [5, 5.41) is 5.97. The van der Waals surface area contributed by atoms with Gasteiger partial charge in [0, 0.05) is 0 Å². The van der Waals surface area contributed by atoms with Crippen molar-refractivity contribution in [1.82, 2.24) is 4.98 Å². The first-order valence-electron chi connectivity index (χ1n) is 9.02. The largest absolute Gasteiger partial charge is 0.495 e. The number of hydrogen-bond acceptors (Lipinski definition) is 6. The minimum Gasteiger partial charge on any atom is -0.495 e. The fraction of sp³-hybridized carbons (Fsp3) is 0.182. The monoisotopic (exact) mass is 393 g/mol.